The van der Waals surface area contributed by atoms with Gasteiger partial charge in [0.15, 0.2) is 0 Å². The van der Waals surface area contributed by atoms with Crippen molar-refractivity contribution in [3.8, 4) is 0 Å². The van der Waals surface area contributed by atoms with Crippen molar-refractivity contribution in [1.29, 1.82) is 0 Å². The fraction of sp³-hybridized carbons (Fsp3) is 0.389. The van der Waals surface area contributed by atoms with Crippen LogP contribution < -0.4 is 5.32 Å². The minimum Gasteiger partial charge on any atom is -0.352 e. The van der Waals surface area contributed by atoms with E-state index in [1.54, 1.807) is 0 Å². The molecule has 2 aromatic rings. The third-order valence-corrected chi connectivity index (χ3v) is 3.60. The summed E-state index contributed by atoms with van der Waals surface area (Å²) in [6.07, 6.45) is 6.07. The molecule has 0 spiro atoms. The standard InChI is InChI=1S/C18H23NO/c1-2-3-4-5-8-14-19-18(20)17-13-9-11-15-10-6-7-12-16(15)17/h6-7,9-13H,2-5,8,14H2,1H3,(H,19,20). The van der Waals surface area contributed by atoms with Gasteiger partial charge < -0.3 is 5.32 Å². The molecule has 2 heteroatoms. The number of carbonyl (C=O) groups is 1. The van der Waals surface area contributed by atoms with Crippen LogP contribution in [-0.2, 0) is 0 Å². The average Bonchev–Trinajstić information content (AvgIpc) is 2.50. The van der Waals surface area contributed by atoms with E-state index < -0.39 is 0 Å². The number of hydrogen-bond acceptors (Lipinski definition) is 1. The molecule has 1 N–H and O–H groups in total. The van der Waals surface area contributed by atoms with Gasteiger partial charge in [0.25, 0.3) is 5.91 Å². The first kappa shape index (κ1) is 14.6. The summed E-state index contributed by atoms with van der Waals surface area (Å²) in [5.41, 5.74) is 0.775. The average molecular weight is 269 g/mol. The van der Waals surface area contributed by atoms with E-state index in [1.165, 1.54) is 25.7 Å². The minimum absolute atomic E-state index is 0.0392. The van der Waals surface area contributed by atoms with Gasteiger partial charge in [-0.3, -0.25) is 4.79 Å². The van der Waals surface area contributed by atoms with Crippen molar-refractivity contribution in [2.24, 2.45) is 0 Å². The Hall–Kier alpha value is -1.83. The van der Waals surface area contributed by atoms with Crippen LogP contribution in [0.2, 0.25) is 0 Å². The van der Waals surface area contributed by atoms with Crippen LogP contribution in [0.15, 0.2) is 42.5 Å². The van der Waals surface area contributed by atoms with Crippen LogP contribution in [0.5, 0.6) is 0 Å². The molecule has 0 fully saturated rings. The topological polar surface area (TPSA) is 29.1 Å². The van der Waals surface area contributed by atoms with E-state index in [0.29, 0.717) is 0 Å². The molecule has 0 unspecified atom stereocenters. The van der Waals surface area contributed by atoms with Crippen molar-refractivity contribution >= 4 is 16.7 Å². The van der Waals surface area contributed by atoms with Crippen LogP contribution in [-0.4, -0.2) is 12.5 Å². The minimum atomic E-state index is 0.0392. The molecule has 0 aromatic heterocycles. The molecule has 106 valence electrons. The van der Waals surface area contributed by atoms with Crippen LogP contribution >= 0.6 is 0 Å². The largest absolute Gasteiger partial charge is 0.352 e. The van der Waals surface area contributed by atoms with Gasteiger partial charge in [-0.2, -0.15) is 0 Å². The van der Waals surface area contributed by atoms with Crippen LogP contribution in [0.25, 0.3) is 10.8 Å². The summed E-state index contributed by atoms with van der Waals surface area (Å²) in [5.74, 6) is 0.0392. The fourth-order valence-corrected chi connectivity index (χ4v) is 2.45. The SMILES string of the molecule is CCCCCCCNC(=O)c1cccc2ccccc12. The van der Waals surface area contributed by atoms with E-state index in [9.17, 15) is 4.79 Å². The van der Waals surface area contributed by atoms with Crippen molar-refractivity contribution in [1.82, 2.24) is 5.32 Å². The number of fused-ring (bicyclic) bond motifs is 1. The molecule has 0 bridgehead atoms. The molecule has 2 nitrogen and oxygen atoms in total. The van der Waals surface area contributed by atoms with Crippen molar-refractivity contribution in [3.05, 3.63) is 48.0 Å². The second kappa shape index (κ2) is 7.68. The van der Waals surface area contributed by atoms with E-state index >= 15 is 0 Å². The predicted octanol–water partition coefficient (Wildman–Crippen LogP) is 4.54. The number of nitrogens with one attached hydrogen (secondary N) is 1. The normalized spacial score (nSPS) is 10.7. The maximum Gasteiger partial charge on any atom is 0.251 e. The Bertz CT molecular complexity index is 557. The van der Waals surface area contributed by atoms with Crippen LogP contribution in [0.1, 0.15) is 49.4 Å². The lowest BCUT2D eigenvalue weighted by atomic mass is 10.0. The first-order chi connectivity index (χ1) is 9.83. The van der Waals surface area contributed by atoms with Gasteiger partial charge in [-0.15, -0.1) is 0 Å². The Labute approximate surface area is 121 Å². The van der Waals surface area contributed by atoms with Gasteiger partial charge in [-0.05, 0) is 23.3 Å². The zero-order valence-electron chi connectivity index (χ0n) is 12.2. The zero-order valence-corrected chi connectivity index (χ0v) is 12.2. The van der Waals surface area contributed by atoms with Gasteiger partial charge in [0.2, 0.25) is 0 Å². The van der Waals surface area contributed by atoms with Gasteiger partial charge in [-0.25, -0.2) is 0 Å². The maximum absolute atomic E-state index is 12.2. The lowest BCUT2D eigenvalue weighted by molar-refractivity contribution is 0.0954. The van der Waals surface area contributed by atoms with E-state index in [1.807, 2.05) is 42.5 Å². The molecule has 0 aliphatic heterocycles. The molecule has 0 atom stereocenters. The Morgan fingerprint density at radius 2 is 1.70 bits per heavy atom. The monoisotopic (exact) mass is 269 g/mol. The summed E-state index contributed by atoms with van der Waals surface area (Å²) in [7, 11) is 0. The summed E-state index contributed by atoms with van der Waals surface area (Å²) in [4.78, 5) is 12.2. The van der Waals surface area contributed by atoms with Crippen molar-refractivity contribution in [2.45, 2.75) is 39.0 Å². The molecular formula is C18H23NO. The zero-order chi connectivity index (χ0) is 14.2. The van der Waals surface area contributed by atoms with E-state index in [4.69, 9.17) is 0 Å². The van der Waals surface area contributed by atoms with E-state index in [-0.39, 0.29) is 5.91 Å². The summed E-state index contributed by atoms with van der Waals surface area (Å²) in [6, 6.07) is 13.9. The van der Waals surface area contributed by atoms with E-state index in [0.717, 1.165) is 29.3 Å². The Balaban J connectivity index is 1.91. The number of benzene rings is 2. The van der Waals surface area contributed by atoms with Gasteiger partial charge in [0.1, 0.15) is 0 Å². The third-order valence-electron chi connectivity index (χ3n) is 3.60. The molecule has 0 aliphatic carbocycles. The summed E-state index contributed by atoms with van der Waals surface area (Å²) < 4.78 is 0. The first-order valence-electron chi connectivity index (χ1n) is 7.59. The molecule has 0 saturated carbocycles. The smallest absolute Gasteiger partial charge is 0.251 e. The molecule has 0 saturated heterocycles. The highest BCUT2D eigenvalue weighted by Crippen LogP contribution is 2.18. The second-order valence-electron chi connectivity index (χ2n) is 5.20. The summed E-state index contributed by atoms with van der Waals surface area (Å²) in [6.45, 7) is 2.98. The van der Waals surface area contributed by atoms with Crippen LogP contribution in [0.3, 0.4) is 0 Å². The van der Waals surface area contributed by atoms with Crippen molar-refractivity contribution in [3.63, 3.8) is 0 Å². The number of carbonyl (C=O) groups excluding carboxylic acids is 1. The van der Waals surface area contributed by atoms with Gasteiger partial charge >= 0.3 is 0 Å². The Morgan fingerprint density at radius 3 is 2.55 bits per heavy atom. The Morgan fingerprint density at radius 1 is 0.950 bits per heavy atom. The Kier molecular flexibility index (Phi) is 5.60. The highest BCUT2D eigenvalue weighted by molar-refractivity contribution is 6.06. The van der Waals surface area contributed by atoms with Gasteiger partial charge in [-0.1, -0.05) is 69.0 Å². The number of amides is 1. The molecule has 1 amide bonds. The van der Waals surface area contributed by atoms with Crippen LogP contribution in [0, 0.1) is 0 Å². The number of rotatable bonds is 7. The van der Waals surface area contributed by atoms with Gasteiger partial charge in [0.05, 0.1) is 0 Å². The fourth-order valence-electron chi connectivity index (χ4n) is 2.45. The lowest BCUT2D eigenvalue weighted by Gasteiger charge is -2.08. The quantitative estimate of drug-likeness (QED) is 0.735. The molecule has 20 heavy (non-hydrogen) atoms. The van der Waals surface area contributed by atoms with Crippen molar-refractivity contribution in [2.75, 3.05) is 6.54 Å². The molecule has 0 radical (unpaired) electrons. The third kappa shape index (κ3) is 3.83. The van der Waals surface area contributed by atoms with Gasteiger partial charge in [0, 0.05) is 12.1 Å². The lowest BCUT2D eigenvalue weighted by Crippen LogP contribution is -2.24. The van der Waals surface area contributed by atoms with E-state index in [2.05, 4.69) is 12.2 Å². The highest BCUT2D eigenvalue weighted by Gasteiger charge is 2.08. The molecular weight excluding hydrogens is 246 g/mol. The molecule has 2 rings (SSSR count). The first-order valence-corrected chi connectivity index (χ1v) is 7.59. The number of hydrogen-bond donors (Lipinski definition) is 1. The molecule has 0 heterocycles. The summed E-state index contributed by atoms with van der Waals surface area (Å²) >= 11 is 0. The second-order valence-corrected chi connectivity index (χ2v) is 5.20. The van der Waals surface area contributed by atoms with Crippen LogP contribution in [0.4, 0.5) is 0 Å². The highest BCUT2D eigenvalue weighted by atomic mass is 16.1. The molecule has 0 aliphatic rings. The predicted molar refractivity (Wildman–Crippen MR) is 85.0 cm³/mol. The maximum atomic E-state index is 12.2. The number of unbranched alkanes of at least 4 members (excludes halogenated alkanes) is 4. The van der Waals surface area contributed by atoms with Crippen molar-refractivity contribution < 1.29 is 4.79 Å². The molecule has 2 aromatic carbocycles. The summed E-state index contributed by atoms with van der Waals surface area (Å²) in [5, 5.41) is 5.17.